The molecule has 0 fully saturated rings. The molecular weight excluding hydrogens is 285 g/mol. The number of ether oxygens (including phenoxy) is 1. The first-order valence-corrected chi connectivity index (χ1v) is 6.99. The van der Waals surface area contributed by atoms with E-state index in [0.29, 0.717) is 34.7 Å². The quantitative estimate of drug-likeness (QED) is 0.891. The first-order valence-electron chi connectivity index (χ1n) is 6.99. The molecule has 0 aliphatic rings. The number of benzene rings is 2. The van der Waals surface area contributed by atoms with Gasteiger partial charge in [0.05, 0.1) is 13.2 Å². The Kier molecular flexibility index (Phi) is 5.12. The third-order valence-corrected chi connectivity index (χ3v) is 3.21. The van der Waals surface area contributed by atoms with Gasteiger partial charge in [0.1, 0.15) is 11.6 Å². The second-order valence-corrected chi connectivity index (χ2v) is 4.83. The number of aryl methyl sites for hydroxylation is 1. The summed E-state index contributed by atoms with van der Waals surface area (Å²) in [5, 5.41) is 12.1. The van der Waals surface area contributed by atoms with E-state index in [0.717, 1.165) is 0 Å². The SMILES string of the molecule is CCOc1ccc(NC(=O)c2ccc(F)c(C)c2)cc1CO. The zero-order valence-electron chi connectivity index (χ0n) is 12.5. The molecule has 2 N–H and O–H groups in total. The van der Waals surface area contributed by atoms with Crippen LogP contribution in [0.15, 0.2) is 36.4 Å². The number of amides is 1. The van der Waals surface area contributed by atoms with Crippen LogP contribution in [-0.2, 0) is 6.61 Å². The Morgan fingerprint density at radius 1 is 1.27 bits per heavy atom. The van der Waals surface area contributed by atoms with Crippen LogP contribution >= 0.6 is 0 Å². The van der Waals surface area contributed by atoms with Crippen molar-refractivity contribution in [2.75, 3.05) is 11.9 Å². The van der Waals surface area contributed by atoms with Crippen LogP contribution in [0.4, 0.5) is 10.1 Å². The van der Waals surface area contributed by atoms with Gasteiger partial charge in [-0.05, 0) is 55.8 Å². The summed E-state index contributed by atoms with van der Waals surface area (Å²) in [6, 6.07) is 9.23. The number of nitrogens with one attached hydrogen (secondary N) is 1. The van der Waals surface area contributed by atoms with Gasteiger partial charge < -0.3 is 15.2 Å². The molecule has 0 aliphatic heterocycles. The lowest BCUT2D eigenvalue weighted by Gasteiger charge is -2.11. The van der Waals surface area contributed by atoms with Crippen molar-refractivity contribution in [3.05, 3.63) is 58.9 Å². The van der Waals surface area contributed by atoms with Gasteiger partial charge in [0.15, 0.2) is 0 Å². The van der Waals surface area contributed by atoms with Gasteiger partial charge in [-0.15, -0.1) is 0 Å². The molecule has 0 atom stereocenters. The molecule has 2 aromatic carbocycles. The van der Waals surface area contributed by atoms with E-state index in [-0.39, 0.29) is 18.3 Å². The molecule has 0 unspecified atom stereocenters. The van der Waals surface area contributed by atoms with Crippen LogP contribution in [0.3, 0.4) is 0 Å². The summed E-state index contributed by atoms with van der Waals surface area (Å²) in [5.74, 6) is -0.100. The number of carbonyl (C=O) groups is 1. The standard InChI is InChI=1S/C17H18FNO3/c1-3-22-16-7-5-14(9-13(16)10-20)19-17(21)12-4-6-15(18)11(2)8-12/h4-9,20H,3,10H2,1-2H3,(H,19,21). The van der Waals surface area contributed by atoms with E-state index < -0.39 is 0 Å². The van der Waals surface area contributed by atoms with Crippen molar-refractivity contribution in [2.24, 2.45) is 0 Å². The maximum absolute atomic E-state index is 13.2. The van der Waals surface area contributed by atoms with Crippen molar-refractivity contribution in [1.82, 2.24) is 0 Å². The summed E-state index contributed by atoms with van der Waals surface area (Å²) in [7, 11) is 0. The minimum Gasteiger partial charge on any atom is -0.494 e. The molecule has 5 heteroatoms. The Balaban J connectivity index is 2.19. The Hall–Kier alpha value is -2.40. The summed E-state index contributed by atoms with van der Waals surface area (Å²) in [6.45, 7) is 3.77. The molecular formula is C17H18FNO3. The predicted molar refractivity (Wildman–Crippen MR) is 82.6 cm³/mol. The van der Waals surface area contributed by atoms with Crippen molar-refractivity contribution in [2.45, 2.75) is 20.5 Å². The van der Waals surface area contributed by atoms with E-state index in [1.807, 2.05) is 6.92 Å². The van der Waals surface area contributed by atoms with Crippen LogP contribution in [0.1, 0.15) is 28.4 Å². The molecule has 0 radical (unpaired) electrons. The van der Waals surface area contributed by atoms with E-state index in [1.54, 1.807) is 25.1 Å². The van der Waals surface area contributed by atoms with Crippen molar-refractivity contribution in [3.63, 3.8) is 0 Å². The third kappa shape index (κ3) is 3.62. The lowest BCUT2D eigenvalue weighted by molar-refractivity contribution is 0.102. The summed E-state index contributed by atoms with van der Waals surface area (Å²) in [5.41, 5.74) is 1.92. The van der Waals surface area contributed by atoms with E-state index in [1.165, 1.54) is 18.2 Å². The van der Waals surface area contributed by atoms with E-state index in [9.17, 15) is 14.3 Å². The molecule has 0 bridgehead atoms. The van der Waals surface area contributed by atoms with Gasteiger partial charge in [-0.25, -0.2) is 4.39 Å². The van der Waals surface area contributed by atoms with Gasteiger partial charge in [-0.1, -0.05) is 0 Å². The highest BCUT2D eigenvalue weighted by atomic mass is 19.1. The zero-order chi connectivity index (χ0) is 16.1. The molecule has 0 spiro atoms. The molecule has 4 nitrogen and oxygen atoms in total. The van der Waals surface area contributed by atoms with E-state index in [4.69, 9.17) is 4.74 Å². The highest BCUT2D eigenvalue weighted by Crippen LogP contribution is 2.23. The Morgan fingerprint density at radius 3 is 2.68 bits per heavy atom. The zero-order valence-corrected chi connectivity index (χ0v) is 12.5. The molecule has 2 aromatic rings. The van der Waals surface area contributed by atoms with Crippen LogP contribution in [0.2, 0.25) is 0 Å². The molecule has 0 aromatic heterocycles. The second-order valence-electron chi connectivity index (χ2n) is 4.83. The monoisotopic (exact) mass is 303 g/mol. The fourth-order valence-corrected chi connectivity index (χ4v) is 2.07. The van der Waals surface area contributed by atoms with Gasteiger partial charge in [0, 0.05) is 16.8 Å². The van der Waals surface area contributed by atoms with Crippen molar-refractivity contribution in [1.29, 1.82) is 0 Å². The third-order valence-electron chi connectivity index (χ3n) is 3.21. The number of carbonyl (C=O) groups excluding carboxylic acids is 1. The minimum atomic E-state index is -0.347. The summed E-state index contributed by atoms with van der Waals surface area (Å²) in [6.07, 6.45) is 0. The van der Waals surface area contributed by atoms with Crippen LogP contribution < -0.4 is 10.1 Å². The number of hydrogen-bond donors (Lipinski definition) is 2. The number of halogens is 1. The minimum absolute atomic E-state index is 0.186. The number of hydrogen-bond acceptors (Lipinski definition) is 3. The fourth-order valence-electron chi connectivity index (χ4n) is 2.07. The average molecular weight is 303 g/mol. The maximum atomic E-state index is 13.2. The van der Waals surface area contributed by atoms with Crippen LogP contribution in [0.5, 0.6) is 5.75 Å². The average Bonchev–Trinajstić information content (AvgIpc) is 2.51. The fraction of sp³-hybridized carbons (Fsp3) is 0.235. The van der Waals surface area contributed by atoms with Crippen LogP contribution in [0, 0.1) is 12.7 Å². The maximum Gasteiger partial charge on any atom is 0.255 e. The number of aliphatic hydroxyl groups excluding tert-OH is 1. The molecule has 0 saturated carbocycles. The highest BCUT2D eigenvalue weighted by molar-refractivity contribution is 6.04. The molecule has 2 rings (SSSR count). The van der Waals surface area contributed by atoms with Crippen LogP contribution in [0.25, 0.3) is 0 Å². The topological polar surface area (TPSA) is 58.6 Å². The molecule has 116 valence electrons. The summed E-state index contributed by atoms with van der Waals surface area (Å²) >= 11 is 0. The van der Waals surface area contributed by atoms with Crippen molar-refractivity contribution in [3.8, 4) is 5.75 Å². The number of anilines is 1. The molecule has 0 aliphatic carbocycles. The van der Waals surface area contributed by atoms with E-state index in [2.05, 4.69) is 5.32 Å². The Labute approximate surface area is 128 Å². The van der Waals surface area contributed by atoms with Gasteiger partial charge in [0.2, 0.25) is 0 Å². The predicted octanol–water partition coefficient (Wildman–Crippen LogP) is 3.28. The normalized spacial score (nSPS) is 10.4. The first kappa shape index (κ1) is 16.0. The molecule has 1 amide bonds. The summed E-state index contributed by atoms with van der Waals surface area (Å²) < 4.78 is 18.6. The number of rotatable bonds is 5. The van der Waals surface area contributed by atoms with Crippen molar-refractivity contribution < 1.29 is 19.0 Å². The number of aliphatic hydroxyl groups is 1. The van der Waals surface area contributed by atoms with Gasteiger partial charge >= 0.3 is 0 Å². The molecule has 0 heterocycles. The Morgan fingerprint density at radius 2 is 2.05 bits per heavy atom. The van der Waals surface area contributed by atoms with Gasteiger partial charge in [0.25, 0.3) is 5.91 Å². The molecule has 0 saturated heterocycles. The largest absolute Gasteiger partial charge is 0.494 e. The van der Waals surface area contributed by atoms with Gasteiger partial charge in [-0.3, -0.25) is 4.79 Å². The second kappa shape index (κ2) is 7.04. The smallest absolute Gasteiger partial charge is 0.255 e. The van der Waals surface area contributed by atoms with Crippen molar-refractivity contribution >= 4 is 11.6 Å². The molecule has 22 heavy (non-hydrogen) atoms. The van der Waals surface area contributed by atoms with Crippen LogP contribution in [-0.4, -0.2) is 17.6 Å². The first-order chi connectivity index (χ1) is 10.5. The van der Waals surface area contributed by atoms with Gasteiger partial charge in [-0.2, -0.15) is 0 Å². The Bertz CT molecular complexity index is 686. The van der Waals surface area contributed by atoms with E-state index >= 15 is 0 Å². The highest BCUT2D eigenvalue weighted by Gasteiger charge is 2.10. The summed E-state index contributed by atoms with van der Waals surface area (Å²) in [4.78, 5) is 12.2. The lowest BCUT2D eigenvalue weighted by Crippen LogP contribution is -2.12. The lowest BCUT2D eigenvalue weighted by atomic mass is 10.1.